The van der Waals surface area contributed by atoms with E-state index in [0.29, 0.717) is 27.3 Å². The van der Waals surface area contributed by atoms with Crippen LogP contribution in [0.2, 0.25) is 5.02 Å². The standard InChI is InChI=1S/C19H16ClN3O3S/c1-26-16-8-7-13(9-14(16)20)21-18(25)11-27-19-22-15(10-17(24)23-19)12-5-3-2-4-6-12/h2-10H,11H2,1H3,(H,21,25)(H,22,23,24). The molecule has 0 saturated carbocycles. The molecule has 0 aliphatic heterocycles. The minimum Gasteiger partial charge on any atom is -0.495 e. The third kappa shape index (κ3) is 5.12. The van der Waals surface area contributed by atoms with Crippen molar-refractivity contribution in [2.75, 3.05) is 18.2 Å². The van der Waals surface area contributed by atoms with Crippen molar-refractivity contribution in [3.05, 3.63) is 70.0 Å². The molecular weight excluding hydrogens is 386 g/mol. The maximum atomic E-state index is 12.2. The van der Waals surface area contributed by atoms with E-state index >= 15 is 0 Å². The molecule has 27 heavy (non-hydrogen) atoms. The Labute approximate surface area is 164 Å². The van der Waals surface area contributed by atoms with Gasteiger partial charge in [-0.1, -0.05) is 53.7 Å². The van der Waals surface area contributed by atoms with E-state index in [-0.39, 0.29) is 17.2 Å². The minimum absolute atomic E-state index is 0.0881. The highest BCUT2D eigenvalue weighted by molar-refractivity contribution is 7.99. The number of rotatable bonds is 6. The Hall–Kier alpha value is -2.77. The van der Waals surface area contributed by atoms with Gasteiger partial charge in [0.15, 0.2) is 5.16 Å². The summed E-state index contributed by atoms with van der Waals surface area (Å²) >= 11 is 7.19. The number of nitrogens with one attached hydrogen (secondary N) is 2. The van der Waals surface area contributed by atoms with Crippen molar-refractivity contribution in [3.8, 4) is 17.0 Å². The van der Waals surface area contributed by atoms with Gasteiger partial charge in [0.2, 0.25) is 5.91 Å². The van der Waals surface area contributed by atoms with Crippen LogP contribution in [-0.2, 0) is 4.79 Å². The van der Waals surface area contributed by atoms with E-state index in [1.807, 2.05) is 30.3 Å². The number of ether oxygens (including phenoxy) is 1. The normalized spacial score (nSPS) is 10.4. The lowest BCUT2D eigenvalue weighted by atomic mass is 10.1. The Balaban J connectivity index is 1.66. The smallest absolute Gasteiger partial charge is 0.252 e. The summed E-state index contributed by atoms with van der Waals surface area (Å²) in [6.07, 6.45) is 0. The number of carbonyl (C=O) groups excluding carboxylic acids is 1. The molecule has 2 aromatic carbocycles. The van der Waals surface area contributed by atoms with Crippen molar-refractivity contribution in [1.29, 1.82) is 0 Å². The molecule has 0 spiro atoms. The van der Waals surface area contributed by atoms with E-state index in [1.165, 1.54) is 13.2 Å². The fourth-order valence-corrected chi connectivity index (χ4v) is 3.27. The molecule has 0 unspecified atom stereocenters. The number of aromatic nitrogens is 2. The van der Waals surface area contributed by atoms with E-state index in [2.05, 4.69) is 15.3 Å². The molecule has 0 aliphatic rings. The number of benzene rings is 2. The highest BCUT2D eigenvalue weighted by Gasteiger charge is 2.09. The summed E-state index contributed by atoms with van der Waals surface area (Å²) in [7, 11) is 1.52. The Morgan fingerprint density at radius 1 is 1.22 bits per heavy atom. The van der Waals surface area contributed by atoms with Crippen LogP contribution in [0.25, 0.3) is 11.3 Å². The number of nitrogens with zero attached hydrogens (tertiary/aromatic N) is 1. The molecule has 0 saturated heterocycles. The highest BCUT2D eigenvalue weighted by Crippen LogP contribution is 2.27. The maximum Gasteiger partial charge on any atom is 0.252 e. The van der Waals surface area contributed by atoms with Crippen LogP contribution < -0.4 is 15.6 Å². The molecule has 138 valence electrons. The monoisotopic (exact) mass is 401 g/mol. The van der Waals surface area contributed by atoms with Crippen LogP contribution in [0.5, 0.6) is 5.75 Å². The van der Waals surface area contributed by atoms with E-state index in [4.69, 9.17) is 16.3 Å². The molecule has 0 atom stereocenters. The zero-order valence-corrected chi connectivity index (χ0v) is 15.9. The quantitative estimate of drug-likeness (QED) is 0.484. The van der Waals surface area contributed by atoms with Gasteiger partial charge in [0.05, 0.1) is 23.6 Å². The zero-order valence-electron chi connectivity index (χ0n) is 14.4. The lowest BCUT2D eigenvalue weighted by molar-refractivity contribution is -0.113. The van der Waals surface area contributed by atoms with Gasteiger partial charge in [0, 0.05) is 17.3 Å². The van der Waals surface area contributed by atoms with Gasteiger partial charge in [0.25, 0.3) is 5.56 Å². The summed E-state index contributed by atoms with van der Waals surface area (Å²) in [5.41, 5.74) is 1.69. The van der Waals surface area contributed by atoms with E-state index < -0.39 is 0 Å². The fraction of sp³-hybridized carbons (Fsp3) is 0.105. The van der Waals surface area contributed by atoms with Gasteiger partial charge in [0.1, 0.15) is 5.75 Å². The van der Waals surface area contributed by atoms with Crippen LogP contribution in [-0.4, -0.2) is 28.7 Å². The first-order valence-electron chi connectivity index (χ1n) is 7.98. The van der Waals surface area contributed by atoms with Gasteiger partial charge in [-0.05, 0) is 18.2 Å². The van der Waals surface area contributed by atoms with Gasteiger partial charge < -0.3 is 15.0 Å². The van der Waals surface area contributed by atoms with E-state index in [0.717, 1.165) is 17.3 Å². The third-order valence-electron chi connectivity index (χ3n) is 3.57. The molecule has 1 heterocycles. The molecule has 0 radical (unpaired) electrons. The number of methoxy groups -OCH3 is 1. The number of amides is 1. The second kappa shape index (κ2) is 8.75. The van der Waals surface area contributed by atoms with Crippen molar-refractivity contribution in [3.63, 3.8) is 0 Å². The number of carbonyl (C=O) groups is 1. The molecule has 3 rings (SSSR count). The van der Waals surface area contributed by atoms with Crippen molar-refractivity contribution < 1.29 is 9.53 Å². The number of hydrogen-bond donors (Lipinski definition) is 2. The SMILES string of the molecule is COc1ccc(NC(=O)CSc2nc(-c3ccccc3)cc(=O)[nH]2)cc1Cl. The van der Waals surface area contributed by atoms with Crippen molar-refractivity contribution in [2.45, 2.75) is 5.16 Å². The lowest BCUT2D eigenvalue weighted by Gasteiger charge is -2.08. The second-order valence-corrected chi connectivity index (χ2v) is 6.86. The molecule has 0 fully saturated rings. The Morgan fingerprint density at radius 2 is 2.00 bits per heavy atom. The molecule has 0 aliphatic carbocycles. The highest BCUT2D eigenvalue weighted by atomic mass is 35.5. The zero-order chi connectivity index (χ0) is 19.2. The van der Waals surface area contributed by atoms with Gasteiger partial charge in [-0.15, -0.1) is 0 Å². The van der Waals surface area contributed by atoms with Crippen LogP contribution in [0.3, 0.4) is 0 Å². The van der Waals surface area contributed by atoms with E-state index in [9.17, 15) is 9.59 Å². The number of thioether (sulfide) groups is 1. The van der Waals surface area contributed by atoms with Crippen LogP contribution in [0.1, 0.15) is 0 Å². The summed E-state index contributed by atoms with van der Waals surface area (Å²) in [5, 5.41) is 3.53. The molecule has 2 N–H and O–H groups in total. The Bertz CT molecular complexity index is 1010. The first-order chi connectivity index (χ1) is 13.0. The molecule has 0 bridgehead atoms. The third-order valence-corrected chi connectivity index (χ3v) is 4.73. The molecule has 1 amide bonds. The average Bonchev–Trinajstić information content (AvgIpc) is 2.67. The lowest BCUT2D eigenvalue weighted by Crippen LogP contribution is -2.15. The first-order valence-corrected chi connectivity index (χ1v) is 9.34. The Morgan fingerprint density at radius 3 is 2.70 bits per heavy atom. The molecule has 8 heteroatoms. The summed E-state index contributed by atoms with van der Waals surface area (Å²) in [6, 6.07) is 15.8. The van der Waals surface area contributed by atoms with E-state index in [1.54, 1.807) is 18.2 Å². The first kappa shape index (κ1) is 19.0. The fourth-order valence-electron chi connectivity index (χ4n) is 2.34. The van der Waals surface area contributed by atoms with Crippen molar-refractivity contribution >= 4 is 35.0 Å². The van der Waals surface area contributed by atoms with Crippen LogP contribution >= 0.6 is 23.4 Å². The number of H-pyrrole nitrogens is 1. The number of halogens is 1. The largest absolute Gasteiger partial charge is 0.495 e. The summed E-state index contributed by atoms with van der Waals surface area (Å²) in [6.45, 7) is 0. The molecule has 1 aromatic heterocycles. The van der Waals surface area contributed by atoms with Gasteiger partial charge in [-0.25, -0.2) is 4.98 Å². The number of hydrogen-bond acceptors (Lipinski definition) is 5. The van der Waals surface area contributed by atoms with Crippen LogP contribution in [0.15, 0.2) is 64.5 Å². The van der Waals surface area contributed by atoms with Gasteiger partial charge in [-0.3, -0.25) is 9.59 Å². The maximum absolute atomic E-state index is 12.2. The molecule has 6 nitrogen and oxygen atoms in total. The van der Waals surface area contributed by atoms with Crippen LogP contribution in [0.4, 0.5) is 5.69 Å². The average molecular weight is 402 g/mol. The summed E-state index contributed by atoms with van der Waals surface area (Å²) < 4.78 is 5.08. The summed E-state index contributed by atoms with van der Waals surface area (Å²) in [5.74, 6) is 0.378. The predicted molar refractivity (Wildman–Crippen MR) is 108 cm³/mol. The Kier molecular flexibility index (Phi) is 6.16. The number of aromatic amines is 1. The van der Waals surface area contributed by atoms with Crippen LogP contribution in [0, 0.1) is 0 Å². The predicted octanol–water partition coefficient (Wildman–Crippen LogP) is 3.83. The van der Waals surface area contributed by atoms with Crippen molar-refractivity contribution in [1.82, 2.24) is 9.97 Å². The van der Waals surface area contributed by atoms with Gasteiger partial charge in [-0.2, -0.15) is 0 Å². The van der Waals surface area contributed by atoms with Gasteiger partial charge >= 0.3 is 0 Å². The minimum atomic E-state index is -0.270. The topological polar surface area (TPSA) is 84.1 Å². The summed E-state index contributed by atoms with van der Waals surface area (Å²) in [4.78, 5) is 31.1. The molecular formula is C19H16ClN3O3S. The second-order valence-electron chi connectivity index (χ2n) is 5.49. The number of anilines is 1. The molecule has 3 aromatic rings. The van der Waals surface area contributed by atoms with Crippen molar-refractivity contribution in [2.24, 2.45) is 0 Å².